The van der Waals surface area contributed by atoms with E-state index in [1.807, 2.05) is 0 Å². The van der Waals surface area contributed by atoms with Crippen molar-refractivity contribution in [3.05, 3.63) is 11.6 Å². The summed E-state index contributed by atoms with van der Waals surface area (Å²) in [6.07, 6.45) is 7.10. The summed E-state index contributed by atoms with van der Waals surface area (Å²) >= 11 is 0. The molecule has 0 amide bonds. The van der Waals surface area contributed by atoms with Gasteiger partial charge >= 0.3 is 5.97 Å². The Morgan fingerprint density at radius 2 is 2.26 bits per heavy atom. The van der Waals surface area contributed by atoms with E-state index in [1.54, 1.807) is 0 Å². The van der Waals surface area contributed by atoms with E-state index in [4.69, 9.17) is 10.8 Å². The van der Waals surface area contributed by atoms with Gasteiger partial charge in [-0.3, -0.25) is 4.79 Å². The van der Waals surface area contributed by atoms with Crippen LogP contribution >= 0.6 is 0 Å². The largest absolute Gasteiger partial charge is 0.481 e. The van der Waals surface area contributed by atoms with Gasteiger partial charge in [0.2, 0.25) is 0 Å². The predicted octanol–water partition coefficient (Wildman–Crippen LogP) is 2.65. The topological polar surface area (TPSA) is 63.3 Å². The second-order valence-electron chi connectivity index (χ2n) is 6.84. The molecule has 0 radical (unpaired) electrons. The highest BCUT2D eigenvalue weighted by Gasteiger charge is 2.55. The maximum atomic E-state index is 14.2. The van der Waals surface area contributed by atoms with E-state index >= 15 is 0 Å². The van der Waals surface area contributed by atoms with Crippen molar-refractivity contribution in [1.82, 2.24) is 0 Å². The Morgan fingerprint density at radius 1 is 1.53 bits per heavy atom. The number of alkyl halides is 1. The number of nitrogens with two attached hydrogens (primary N) is 1. The molecule has 0 bridgehead atoms. The van der Waals surface area contributed by atoms with Crippen molar-refractivity contribution < 1.29 is 14.3 Å². The minimum absolute atomic E-state index is 0.148. The molecular formula is C15H22FNO2. The van der Waals surface area contributed by atoms with Crippen molar-refractivity contribution in [2.45, 2.75) is 50.6 Å². The van der Waals surface area contributed by atoms with Crippen LogP contribution in [-0.4, -0.2) is 23.3 Å². The van der Waals surface area contributed by atoms with E-state index in [1.165, 1.54) is 5.57 Å². The molecule has 0 aromatic carbocycles. The Labute approximate surface area is 113 Å². The van der Waals surface area contributed by atoms with E-state index in [2.05, 4.69) is 6.08 Å². The molecule has 3 nitrogen and oxygen atoms in total. The highest BCUT2D eigenvalue weighted by molar-refractivity contribution is 5.68. The molecule has 3 aliphatic carbocycles. The molecule has 0 saturated heterocycles. The summed E-state index contributed by atoms with van der Waals surface area (Å²) in [5, 5.41) is 9.03. The van der Waals surface area contributed by atoms with Crippen molar-refractivity contribution in [2.24, 2.45) is 23.0 Å². The molecule has 4 heteroatoms. The predicted molar refractivity (Wildman–Crippen MR) is 70.3 cm³/mol. The molecule has 0 aliphatic heterocycles. The summed E-state index contributed by atoms with van der Waals surface area (Å²) in [7, 11) is 0. The van der Waals surface area contributed by atoms with Gasteiger partial charge in [0, 0.05) is 6.42 Å². The average molecular weight is 267 g/mol. The second-order valence-corrected chi connectivity index (χ2v) is 6.84. The van der Waals surface area contributed by atoms with Gasteiger partial charge in [-0.25, -0.2) is 4.39 Å². The van der Waals surface area contributed by atoms with Gasteiger partial charge in [0.05, 0.1) is 6.42 Å². The molecule has 19 heavy (non-hydrogen) atoms. The van der Waals surface area contributed by atoms with E-state index in [0.717, 1.165) is 19.3 Å². The standard InChI is InChI=1S/C15H22FNO2/c16-15(2-1-3-15)6-10-4-11-7-14(9-17,8-13(18)19)12(11)5-10/h5,11-12H,1-4,6-9,17H2,(H,18,19)/t11-,12-,14-/m0/s1. The van der Waals surface area contributed by atoms with Crippen LogP contribution in [0.1, 0.15) is 44.9 Å². The SMILES string of the molecule is NC[C@@]1(CC(=O)O)C[C@@H]2CC(CC3(F)CCC3)=C[C@@H]21. The minimum Gasteiger partial charge on any atom is -0.481 e. The van der Waals surface area contributed by atoms with Crippen LogP contribution < -0.4 is 5.73 Å². The Bertz CT molecular complexity index is 430. The van der Waals surface area contributed by atoms with Crippen LogP contribution in [0.2, 0.25) is 0 Å². The number of carboxylic acids is 1. The lowest BCUT2D eigenvalue weighted by Crippen LogP contribution is -2.51. The number of halogens is 1. The molecule has 0 aromatic heterocycles. The Hall–Kier alpha value is -0.900. The Kier molecular flexibility index (Phi) is 2.97. The van der Waals surface area contributed by atoms with Crippen LogP contribution in [0.5, 0.6) is 0 Å². The van der Waals surface area contributed by atoms with Crippen LogP contribution in [0.25, 0.3) is 0 Å². The summed E-state index contributed by atoms with van der Waals surface area (Å²) < 4.78 is 14.2. The van der Waals surface area contributed by atoms with Crippen molar-refractivity contribution in [3.63, 3.8) is 0 Å². The van der Waals surface area contributed by atoms with Crippen LogP contribution in [0.15, 0.2) is 11.6 Å². The molecule has 106 valence electrons. The molecule has 3 aliphatic rings. The van der Waals surface area contributed by atoms with E-state index in [-0.39, 0.29) is 17.8 Å². The van der Waals surface area contributed by atoms with Gasteiger partial charge in [0.15, 0.2) is 0 Å². The zero-order valence-corrected chi connectivity index (χ0v) is 11.2. The summed E-state index contributed by atoms with van der Waals surface area (Å²) in [4.78, 5) is 11.0. The minimum atomic E-state index is -0.964. The van der Waals surface area contributed by atoms with Crippen LogP contribution in [0.4, 0.5) is 4.39 Å². The number of hydrogen-bond donors (Lipinski definition) is 2. The molecule has 2 saturated carbocycles. The maximum Gasteiger partial charge on any atom is 0.303 e. The molecular weight excluding hydrogens is 245 g/mol. The van der Waals surface area contributed by atoms with Crippen molar-refractivity contribution in [3.8, 4) is 0 Å². The number of allylic oxidation sites excluding steroid dienone is 2. The number of aliphatic carboxylic acids is 1. The first-order valence-corrected chi connectivity index (χ1v) is 7.27. The highest BCUT2D eigenvalue weighted by Crippen LogP contribution is 2.60. The van der Waals surface area contributed by atoms with Gasteiger partial charge < -0.3 is 10.8 Å². The quantitative estimate of drug-likeness (QED) is 0.753. The fourth-order valence-electron chi connectivity index (χ4n) is 4.35. The van der Waals surface area contributed by atoms with E-state index in [9.17, 15) is 9.18 Å². The zero-order valence-electron chi connectivity index (χ0n) is 11.2. The highest BCUT2D eigenvalue weighted by atomic mass is 19.1. The number of hydrogen-bond acceptors (Lipinski definition) is 2. The Balaban J connectivity index is 1.68. The van der Waals surface area contributed by atoms with Crippen molar-refractivity contribution >= 4 is 5.97 Å². The molecule has 0 heterocycles. The third kappa shape index (κ3) is 2.10. The van der Waals surface area contributed by atoms with Crippen molar-refractivity contribution in [1.29, 1.82) is 0 Å². The van der Waals surface area contributed by atoms with Gasteiger partial charge in [-0.15, -0.1) is 0 Å². The maximum absolute atomic E-state index is 14.2. The lowest BCUT2D eigenvalue weighted by Gasteiger charge is -2.51. The zero-order chi connectivity index (χ0) is 13.7. The molecule has 3 rings (SSSR count). The molecule has 0 aromatic rings. The lowest BCUT2D eigenvalue weighted by atomic mass is 9.53. The molecule has 2 fully saturated rings. The van der Waals surface area contributed by atoms with Crippen LogP contribution in [0.3, 0.4) is 0 Å². The summed E-state index contributed by atoms with van der Waals surface area (Å²) in [5.74, 6) is 0.0144. The first-order chi connectivity index (χ1) is 8.96. The fraction of sp³-hybridized carbons (Fsp3) is 0.800. The Morgan fingerprint density at radius 3 is 2.79 bits per heavy atom. The van der Waals surface area contributed by atoms with Crippen molar-refractivity contribution in [2.75, 3.05) is 6.54 Å². The molecule has 0 unspecified atom stereocenters. The third-order valence-corrected chi connectivity index (χ3v) is 5.53. The average Bonchev–Trinajstić information content (AvgIpc) is 2.62. The first kappa shape index (κ1) is 13.1. The normalized spacial score (nSPS) is 38.9. The third-order valence-electron chi connectivity index (χ3n) is 5.53. The van der Waals surface area contributed by atoms with Gasteiger partial charge in [0.1, 0.15) is 5.67 Å². The van der Waals surface area contributed by atoms with Gasteiger partial charge in [-0.1, -0.05) is 11.6 Å². The number of rotatable bonds is 5. The van der Waals surface area contributed by atoms with E-state index in [0.29, 0.717) is 31.7 Å². The van der Waals surface area contributed by atoms with Gasteiger partial charge in [0.25, 0.3) is 0 Å². The smallest absolute Gasteiger partial charge is 0.303 e. The van der Waals surface area contributed by atoms with Crippen LogP contribution in [0, 0.1) is 17.3 Å². The fourth-order valence-corrected chi connectivity index (χ4v) is 4.35. The second kappa shape index (κ2) is 4.30. The number of fused-ring (bicyclic) bond motifs is 1. The monoisotopic (exact) mass is 267 g/mol. The lowest BCUT2D eigenvalue weighted by molar-refractivity contribution is -0.144. The summed E-state index contributed by atoms with van der Waals surface area (Å²) in [6, 6.07) is 0. The van der Waals surface area contributed by atoms with Gasteiger partial charge in [-0.05, 0) is 55.9 Å². The molecule has 0 spiro atoms. The first-order valence-electron chi connectivity index (χ1n) is 7.27. The number of carbonyl (C=O) groups is 1. The van der Waals surface area contributed by atoms with Gasteiger partial charge in [-0.2, -0.15) is 0 Å². The number of carboxylic acid groups (broad SMARTS) is 1. The van der Waals surface area contributed by atoms with Crippen LogP contribution in [-0.2, 0) is 4.79 Å². The summed E-state index contributed by atoms with van der Waals surface area (Å²) in [6.45, 7) is 0.422. The van der Waals surface area contributed by atoms with E-state index < -0.39 is 11.6 Å². The molecule has 3 N–H and O–H groups in total. The molecule has 3 atom stereocenters. The summed E-state index contributed by atoms with van der Waals surface area (Å²) in [5.41, 5.74) is 5.80.